The van der Waals surface area contributed by atoms with Gasteiger partial charge in [0.1, 0.15) is 6.33 Å². The first-order valence-corrected chi connectivity index (χ1v) is 9.51. The second-order valence-electron chi connectivity index (χ2n) is 6.55. The van der Waals surface area contributed by atoms with Gasteiger partial charge in [0.2, 0.25) is 0 Å². The minimum absolute atomic E-state index is 0.0771. The molecule has 0 radical (unpaired) electrons. The van der Waals surface area contributed by atoms with Gasteiger partial charge in [-0.25, -0.2) is 15.0 Å². The first kappa shape index (κ1) is 17.7. The van der Waals surface area contributed by atoms with E-state index in [9.17, 15) is 4.79 Å². The molecule has 0 saturated heterocycles. The molecule has 9 heteroatoms. The van der Waals surface area contributed by atoms with E-state index in [0.29, 0.717) is 29.8 Å². The fraction of sp³-hybridized carbons (Fsp3) is 0.333. The standard InChI is InChI=1S/C18H18BrN7O/c1-12(16-23-11-24-26(16)18-21-5-2-6-22-18)25(10-13-3-4-13)17(27)14-7-15(19)9-20-8-14/h2,5-9,11-13H,3-4,10H2,1H3. The van der Waals surface area contributed by atoms with Gasteiger partial charge in [-0.05, 0) is 53.7 Å². The van der Waals surface area contributed by atoms with Crippen LogP contribution in [0.2, 0.25) is 0 Å². The van der Waals surface area contributed by atoms with Crippen molar-refractivity contribution in [2.24, 2.45) is 5.92 Å². The molecule has 138 valence electrons. The quantitative estimate of drug-likeness (QED) is 0.600. The highest BCUT2D eigenvalue weighted by Gasteiger charge is 2.33. The van der Waals surface area contributed by atoms with Crippen LogP contribution in [0.15, 0.2) is 47.7 Å². The zero-order valence-electron chi connectivity index (χ0n) is 14.7. The molecule has 8 nitrogen and oxygen atoms in total. The van der Waals surface area contributed by atoms with Crippen LogP contribution < -0.4 is 0 Å². The Hall–Kier alpha value is -2.68. The molecule has 1 fully saturated rings. The fourth-order valence-corrected chi connectivity index (χ4v) is 3.28. The number of halogens is 1. The van der Waals surface area contributed by atoms with Crippen molar-refractivity contribution in [3.05, 3.63) is 59.1 Å². The molecular weight excluding hydrogens is 410 g/mol. The van der Waals surface area contributed by atoms with Crippen molar-refractivity contribution in [3.63, 3.8) is 0 Å². The molecule has 3 aromatic heterocycles. The summed E-state index contributed by atoms with van der Waals surface area (Å²) in [6.45, 7) is 2.63. The number of nitrogens with zero attached hydrogens (tertiary/aromatic N) is 7. The van der Waals surface area contributed by atoms with Crippen molar-refractivity contribution in [2.45, 2.75) is 25.8 Å². The van der Waals surface area contributed by atoms with Gasteiger partial charge in [-0.15, -0.1) is 0 Å². The molecule has 3 heterocycles. The van der Waals surface area contributed by atoms with E-state index in [1.54, 1.807) is 41.6 Å². The van der Waals surface area contributed by atoms with Crippen molar-refractivity contribution in [1.29, 1.82) is 0 Å². The van der Waals surface area contributed by atoms with Gasteiger partial charge in [-0.3, -0.25) is 9.78 Å². The summed E-state index contributed by atoms with van der Waals surface area (Å²) in [4.78, 5) is 32.1. The summed E-state index contributed by atoms with van der Waals surface area (Å²) in [6.07, 6.45) is 10.3. The molecule has 1 saturated carbocycles. The van der Waals surface area contributed by atoms with E-state index in [0.717, 1.165) is 17.3 Å². The predicted octanol–water partition coefficient (Wildman–Crippen LogP) is 2.83. The summed E-state index contributed by atoms with van der Waals surface area (Å²) < 4.78 is 2.35. The summed E-state index contributed by atoms with van der Waals surface area (Å²) in [7, 11) is 0. The maximum atomic E-state index is 13.2. The van der Waals surface area contributed by atoms with Gasteiger partial charge >= 0.3 is 0 Å². The number of carbonyl (C=O) groups excluding carboxylic acids is 1. The predicted molar refractivity (Wildman–Crippen MR) is 101 cm³/mol. The molecule has 0 aromatic carbocycles. The highest BCUT2D eigenvalue weighted by molar-refractivity contribution is 9.10. The number of hydrogen-bond acceptors (Lipinski definition) is 6. The summed E-state index contributed by atoms with van der Waals surface area (Å²) in [5, 5.41) is 4.25. The van der Waals surface area contributed by atoms with E-state index >= 15 is 0 Å². The van der Waals surface area contributed by atoms with Crippen LogP contribution >= 0.6 is 15.9 Å². The molecule has 27 heavy (non-hydrogen) atoms. The van der Waals surface area contributed by atoms with Crippen LogP contribution in [0.25, 0.3) is 5.95 Å². The average Bonchev–Trinajstić information content (AvgIpc) is 3.38. The summed E-state index contributed by atoms with van der Waals surface area (Å²) >= 11 is 3.38. The van der Waals surface area contributed by atoms with Crippen molar-refractivity contribution >= 4 is 21.8 Å². The molecule has 1 amide bonds. The van der Waals surface area contributed by atoms with E-state index in [1.807, 2.05) is 11.8 Å². The number of amides is 1. The smallest absolute Gasteiger partial charge is 0.256 e. The maximum Gasteiger partial charge on any atom is 0.256 e. The van der Waals surface area contributed by atoms with E-state index < -0.39 is 0 Å². The van der Waals surface area contributed by atoms with E-state index in [4.69, 9.17) is 0 Å². The molecule has 0 aliphatic heterocycles. The van der Waals surface area contributed by atoms with Crippen LogP contribution in [0, 0.1) is 5.92 Å². The van der Waals surface area contributed by atoms with Gasteiger partial charge < -0.3 is 4.90 Å². The van der Waals surface area contributed by atoms with Crippen LogP contribution in [0.3, 0.4) is 0 Å². The molecule has 1 unspecified atom stereocenters. The first-order valence-electron chi connectivity index (χ1n) is 8.72. The van der Waals surface area contributed by atoms with Gasteiger partial charge in [0.15, 0.2) is 5.82 Å². The number of rotatable bonds is 6. The lowest BCUT2D eigenvalue weighted by molar-refractivity contribution is 0.0670. The van der Waals surface area contributed by atoms with Crippen molar-refractivity contribution in [1.82, 2.24) is 34.6 Å². The first-order chi connectivity index (χ1) is 13.1. The van der Waals surface area contributed by atoms with Gasteiger partial charge in [0, 0.05) is 35.8 Å². The molecule has 1 aliphatic carbocycles. The molecule has 1 aliphatic rings. The van der Waals surface area contributed by atoms with Crippen molar-refractivity contribution in [3.8, 4) is 5.95 Å². The number of hydrogen-bond donors (Lipinski definition) is 0. The summed E-state index contributed by atoms with van der Waals surface area (Å²) in [6, 6.07) is 3.24. The summed E-state index contributed by atoms with van der Waals surface area (Å²) in [5.74, 6) is 1.51. The van der Waals surface area contributed by atoms with E-state index in [2.05, 4.69) is 41.0 Å². The Morgan fingerprint density at radius 1 is 1.30 bits per heavy atom. The number of pyridine rings is 1. The zero-order chi connectivity index (χ0) is 18.8. The molecule has 0 N–H and O–H groups in total. The third-order valence-corrected chi connectivity index (χ3v) is 4.96. The molecule has 0 bridgehead atoms. The van der Waals surface area contributed by atoms with Gasteiger partial charge in [0.25, 0.3) is 11.9 Å². The SMILES string of the molecule is CC(c1ncnn1-c1ncccn1)N(CC1CC1)C(=O)c1cncc(Br)c1. The minimum Gasteiger partial charge on any atom is -0.328 e. The third kappa shape index (κ3) is 3.87. The third-order valence-electron chi connectivity index (χ3n) is 4.52. The highest BCUT2D eigenvalue weighted by Crippen LogP contribution is 2.33. The summed E-state index contributed by atoms with van der Waals surface area (Å²) in [5.41, 5.74) is 0.541. The second-order valence-corrected chi connectivity index (χ2v) is 7.46. The molecule has 3 aromatic rings. The van der Waals surface area contributed by atoms with Crippen molar-refractivity contribution in [2.75, 3.05) is 6.54 Å². The highest BCUT2D eigenvalue weighted by atomic mass is 79.9. The molecule has 1 atom stereocenters. The largest absolute Gasteiger partial charge is 0.328 e. The molecule has 4 rings (SSSR count). The topological polar surface area (TPSA) is 89.7 Å². The zero-order valence-corrected chi connectivity index (χ0v) is 16.3. The Morgan fingerprint density at radius 2 is 2.07 bits per heavy atom. The lowest BCUT2D eigenvalue weighted by atomic mass is 10.1. The molecular formula is C18H18BrN7O. The Kier molecular flexibility index (Phi) is 4.93. The Morgan fingerprint density at radius 3 is 2.78 bits per heavy atom. The Labute approximate surface area is 164 Å². The number of carbonyl (C=O) groups is 1. The fourth-order valence-electron chi connectivity index (χ4n) is 2.92. The van der Waals surface area contributed by atoms with Crippen LogP contribution in [-0.2, 0) is 0 Å². The normalized spacial score (nSPS) is 14.7. The number of aromatic nitrogens is 6. The second kappa shape index (κ2) is 7.51. The lowest BCUT2D eigenvalue weighted by Crippen LogP contribution is -2.36. The Bertz CT molecular complexity index is 942. The van der Waals surface area contributed by atoms with Gasteiger partial charge in [-0.1, -0.05) is 0 Å². The van der Waals surface area contributed by atoms with Gasteiger partial charge in [0.05, 0.1) is 11.6 Å². The van der Waals surface area contributed by atoms with Crippen molar-refractivity contribution < 1.29 is 4.79 Å². The van der Waals surface area contributed by atoms with E-state index in [1.165, 1.54) is 6.33 Å². The maximum absolute atomic E-state index is 13.2. The van der Waals surface area contributed by atoms with Crippen LogP contribution in [0.5, 0.6) is 0 Å². The monoisotopic (exact) mass is 427 g/mol. The average molecular weight is 428 g/mol. The minimum atomic E-state index is -0.289. The lowest BCUT2D eigenvalue weighted by Gasteiger charge is -2.29. The van der Waals surface area contributed by atoms with Gasteiger partial charge in [-0.2, -0.15) is 9.78 Å². The van der Waals surface area contributed by atoms with Crippen LogP contribution in [0.4, 0.5) is 0 Å². The molecule has 0 spiro atoms. The van der Waals surface area contributed by atoms with Crippen LogP contribution in [-0.4, -0.2) is 47.1 Å². The van der Waals surface area contributed by atoms with Crippen LogP contribution in [0.1, 0.15) is 42.0 Å². The Balaban J connectivity index is 1.67. The van der Waals surface area contributed by atoms with E-state index in [-0.39, 0.29) is 11.9 Å².